The van der Waals surface area contributed by atoms with Crippen molar-refractivity contribution in [2.45, 2.75) is 79.1 Å². The first kappa shape index (κ1) is 20.6. The standard InChI is InChI=1S/C17H36O2Si2/c1-16(2,12-20(5,6)7)14(18)11-15(19)17(3,4)13-21(8,9)10/h11,18H,12-13H2,1-10H3/b14-11-. The van der Waals surface area contributed by atoms with Crippen LogP contribution < -0.4 is 0 Å². The molecule has 0 saturated heterocycles. The van der Waals surface area contributed by atoms with E-state index in [0.717, 1.165) is 12.1 Å². The lowest BCUT2D eigenvalue weighted by molar-refractivity contribution is -0.121. The SMILES string of the molecule is CC(C)(C[Si](C)(C)C)C(=O)/C=C(\O)C(C)(C)C[Si](C)(C)C. The number of carbonyl (C=O) groups is 1. The third kappa shape index (κ3) is 8.00. The second kappa shape index (κ2) is 6.41. The monoisotopic (exact) mass is 328 g/mol. The summed E-state index contributed by atoms with van der Waals surface area (Å²) in [5, 5.41) is 10.4. The Hall–Kier alpha value is -0.356. The highest BCUT2D eigenvalue weighted by atomic mass is 28.3. The Kier molecular flexibility index (Phi) is 6.30. The summed E-state index contributed by atoms with van der Waals surface area (Å²) in [7, 11) is -2.61. The van der Waals surface area contributed by atoms with Crippen LogP contribution in [0, 0.1) is 10.8 Å². The normalized spacial score (nSPS) is 15.2. The van der Waals surface area contributed by atoms with Gasteiger partial charge < -0.3 is 5.11 Å². The summed E-state index contributed by atoms with van der Waals surface area (Å²) in [6.07, 6.45) is 1.50. The van der Waals surface area contributed by atoms with Crippen molar-refractivity contribution in [2.75, 3.05) is 0 Å². The van der Waals surface area contributed by atoms with Gasteiger partial charge in [0, 0.05) is 33.1 Å². The average molecular weight is 329 g/mol. The summed E-state index contributed by atoms with van der Waals surface area (Å²) in [5.74, 6) is 0.310. The maximum Gasteiger partial charge on any atom is 0.164 e. The Labute approximate surface area is 134 Å². The molecule has 0 atom stereocenters. The number of aliphatic hydroxyl groups is 1. The van der Waals surface area contributed by atoms with Crippen molar-refractivity contribution in [3.63, 3.8) is 0 Å². The quantitative estimate of drug-likeness (QED) is 0.368. The summed E-state index contributed by atoms with van der Waals surface area (Å²) >= 11 is 0. The number of rotatable bonds is 7. The number of hydrogen-bond acceptors (Lipinski definition) is 2. The van der Waals surface area contributed by atoms with Crippen molar-refractivity contribution >= 4 is 21.9 Å². The van der Waals surface area contributed by atoms with Gasteiger partial charge in [0.25, 0.3) is 0 Å². The molecule has 2 nitrogen and oxygen atoms in total. The van der Waals surface area contributed by atoms with Gasteiger partial charge in [-0.1, -0.05) is 67.0 Å². The van der Waals surface area contributed by atoms with Crippen LogP contribution >= 0.6 is 0 Å². The molecule has 0 aliphatic heterocycles. The molecular formula is C17H36O2Si2. The molecule has 0 unspecified atom stereocenters. The van der Waals surface area contributed by atoms with Crippen LogP contribution in [-0.4, -0.2) is 27.0 Å². The zero-order chi connectivity index (χ0) is 17.3. The van der Waals surface area contributed by atoms with Gasteiger partial charge in [0.15, 0.2) is 5.78 Å². The minimum atomic E-state index is -1.32. The van der Waals surface area contributed by atoms with Crippen LogP contribution in [-0.2, 0) is 4.79 Å². The van der Waals surface area contributed by atoms with Crippen LogP contribution in [0.15, 0.2) is 11.8 Å². The molecule has 0 aromatic carbocycles. The second-order valence-electron chi connectivity index (χ2n) is 10.1. The highest BCUT2D eigenvalue weighted by molar-refractivity contribution is 6.76. The highest BCUT2D eigenvalue weighted by Gasteiger charge is 2.35. The highest BCUT2D eigenvalue weighted by Crippen LogP contribution is 2.36. The van der Waals surface area contributed by atoms with Crippen LogP contribution in [0.2, 0.25) is 51.4 Å². The third-order valence-corrected chi connectivity index (χ3v) is 7.46. The molecule has 4 heteroatoms. The molecule has 21 heavy (non-hydrogen) atoms. The number of hydrogen-bond donors (Lipinski definition) is 1. The lowest BCUT2D eigenvalue weighted by Crippen LogP contribution is -2.34. The molecule has 0 saturated carbocycles. The van der Waals surface area contributed by atoms with E-state index in [0.29, 0.717) is 0 Å². The summed E-state index contributed by atoms with van der Waals surface area (Å²) in [4.78, 5) is 12.6. The maximum atomic E-state index is 12.6. The Balaban J connectivity index is 5.19. The van der Waals surface area contributed by atoms with Crippen molar-refractivity contribution in [3.8, 4) is 0 Å². The molecule has 0 radical (unpaired) electrons. The maximum absolute atomic E-state index is 12.6. The molecule has 0 aliphatic carbocycles. The minimum absolute atomic E-state index is 0.0612. The zero-order valence-corrected chi connectivity index (χ0v) is 17.8. The van der Waals surface area contributed by atoms with Crippen molar-refractivity contribution in [1.29, 1.82) is 0 Å². The number of allylic oxidation sites excluding steroid dienone is 2. The third-order valence-electron chi connectivity index (χ3n) is 3.57. The molecule has 0 amide bonds. The lowest BCUT2D eigenvalue weighted by atomic mass is 9.86. The molecule has 0 rings (SSSR count). The molecule has 0 aliphatic rings. The minimum Gasteiger partial charge on any atom is -0.512 e. The van der Waals surface area contributed by atoms with Crippen LogP contribution in [0.1, 0.15) is 27.7 Å². The van der Waals surface area contributed by atoms with E-state index >= 15 is 0 Å². The molecule has 0 heterocycles. The lowest BCUT2D eigenvalue weighted by Gasteiger charge is -2.32. The van der Waals surface area contributed by atoms with Crippen LogP contribution in [0.5, 0.6) is 0 Å². The van der Waals surface area contributed by atoms with Gasteiger partial charge in [-0.2, -0.15) is 0 Å². The first-order valence-corrected chi connectivity index (χ1v) is 15.3. The van der Waals surface area contributed by atoms with Crippen molar-refractivity contribution in [1.82, 2.24) is 0 Å². The van der Waals surface area contributed by atoms with E-state index in [-0.39, 0.29) is 22.4 Å². The van der Waals surface area contributed by atoms with Crippen molar-refractivity contribution in [3.05, 3.63) is 11.8 Å². The summed E-state index contributed by atoms with van der Waals surface area (Å²) in [5.41, 5.74) is -0.691. The summed E-state index contributed by atoms with van der Waals surface area (Å²) in [6.45, 7) is 21.8. The van der Waals surface area contributed by atoms with Crippen LogP contribution in [0.3, 0.4) is 0 Å². The number of ketones is 1. The smallest absolute Gasteiger partial charge is 0.164 e. The van der Waals surface area contributed by atoms with Gasteiger partial charge in [-0.05, 0) is 12.1 Å². The van der Waals surface area contributed by atoms with E-state index in [4.69, 9.17) is 0 Å². The first-order valence-electron chi connectivity index (χ1n) is 7.92. The molecule has 124 valence electrons. The van der Waals surface area contributed by atoms with E-state index in [2.05, 4.69) is 39.3 Å². The van der Waals surface area contributed by atoms with Gasteiger partial charge in [-0.3, -0.25) is 4.79 Å². The van der Waals surface area contributed by atoms with Gasteiger partial charge >= 0.3 is 0 Å². The molecule has 0 spiro atoms. The topological polar surface area (TPSA) is 37.3 Å². The van der Waals surface area contributed by atoms with E-state index in [1.807, 2.05) is 27.7 Å². The van der Waals surface area contributed by atoms with E-state index in [9.17, 15) is 9.90 Å². The average Bonchev–Trinajstić information content (AvgIpc) is 2.08. The molecule has 0 bridgehead atoms. The van der Waals surface area contributed by atoms with Gasteiger partial charge in [-0.25, -0.2) is 0 Å². The van der Waals surface area contributed by atoms with Gasteiger partial charge in [0.05, 0.1) is 0 Å². The molecule has 1 N–H and O–H groups in total. The molecule has 0 fully saturated rings. The number of carbonyl (C=O) groups excluding carboxylic acids is 1. The number of aliphatic hydroxyl groups excluding tert-OH is 1. The Morgan fingerprint density at radius 3 is 1.52 bits per heavy atom. The van der Waals surface area contributed by atoms with Gasteiger partial charge in [-0.15, -0.1) is 0 Å². The fourth-order valence-electron chi connectivity index (χ4n) is 3.34. The second-order valence-corrected chi connectivity index (χ2v) is 21.1. The van der Waals surface area contributed by atoms with Crippen LogP contribution in [0.25, 0.3) is 0 Å². The Morgan fingerprint density at radius 2 is 1.19 bits per heavy atom. The first-order chi connectivity index (χ1) is 8.96. The summed E-state index contributed by atoms with van der Waals surface area (Å²) < 4.78 is 0. The predicted octanol–water partition coefficient (Wildman–Crippen LogP) is 5.73. The Morgan fingerprint density at radius 1 is 0.857 bits per heavy atom. The van der Waals surface area contributed by atoms with Gasteiger partial charge in [0.2, 0.25) is 0 Å². The van der Waals surface area contributed by atoms with E-state index < -0.39 is 16.1 Å². The fourth-order valence-corrected chi connectivity index (χ4v) is 9.00. The fraction of sp³-hybridized carbons (Fsp3) is 0.824. The van der Waals surface area contributed by atoms with Crippen molar-refractivity contribution < 1.29 is 9.90 Å². The zero-order valence-electron chi connectivity index (χ0n) is 15.8. The van der Waals surface area contributed by atoms with Crippen molar-refractivity contribution in [2.24, 2.45) is 10.8 Å². The molecule has 0 aromatic rings. The van der Waals surface area contributed by atoms with E-state index in [1.54, 1.807) is 0 Å². The van der Waals surface area contributed by atoms with Crippen LogP contribution in [0.4, 0.5) is 0 Å². The molecule has 0 aromatic heterocycles. The van der Waals surface area contributed by atoms with E-state index in [1.165, 1.54) is 6.08 Å². The predicted molar refractivity (Wildman–Crippen MR) is 99.6 cm³/mol. The summed E-state index contributed by atoms with van der Waals surface area (Å²) in [6, 6.07) is 1.92. The molecular weight excluding hydrogens is 292 g/mol. The largest absolute Gasteiger partial charge is 0.512 e. The van der Waals surface area contributed by atoms with Gasteiger partial charge in [0.1, 0.15) is 5.76 Å². The Bertz CT molecular complexity index is 407.